The molecule has 0 saturated carbocycles. The van der Waals surface area contributed by atoms with Crippen molar-refractivity contribution in [2.75, 3.05) is 20.4 Å². The molecule has 1 rings (SSSR count). The molecular formula is C12H21O2P. The molecule has 86 valence electrons. The van der Waals surface area contributed by atoms with Gasteiger partial charge in [-0.05, 0) is 0 Å². The number of benzene rings is 1. The van der Waals surface area contributed by atoms with Gasteiger partial charge in [0.2, 0.25) is 0 Å². The van der Waals surface area contributed by atoms with E-state index in [2.05, 4.69) is 19.1 Å². The second-order valence-electron chi connectivity index (χ2n) is 3.63. The van der Waals surface area contributed by atoms with Crippen LogP contribution in [0.2, 0.25) is 0 Å². The summed E-state index contributed by atoms with van der Waals surface area (Å²) in [6.45, 7) is 2.19. The number of rotatable bonds is 6. The minimum atomic E-state index is -2.14. The molecule has 0 unspecified atom stereocenters. The summed E-state index contributed by atoms with van der Waals surface area (Å²) < 4.78 is 11.4. The van der Waals surface area contributed by atoms with Gasteiger partial charge in [-0.25, -0.2) is 0 Å². The molecular weight excluding hydrogens is 207 g/mol. The van der Waals surface area contributed by atoms with Gasteiger partial charge in [-0.15, -0.1) is 0 Å². The van der Waals surface area contributed by atoms with Crippen LogP contribution < -0.4 is 5.30 Å². The van der Waals surface area contributed by atoms with Gasteiger partial charge in [0, 0.05) is 0 Å². The predicted molar refractivity (Wildman–Crippen MR) is 68.2 cm³/mol. The molecule has 0 fully saturated rings. The Kier molecular flexibility index (Phi) is 5.24. The van der Waals surface area contributed by atoms with Crippen LogP contribution in [0.5, 0.6) is 0 Å². The van der Waals surface area contributed by atoms with E-state index >= 15 is 0 Å². The van der Waals surface area contributed by atoms with Crippen molar-refractivity contribution < 1.29 is 9.05 Å². The molecule has 1 aromatic rings. The Labute approximate surface area is 93.1 Å². The average Bonchev–Trinajstić information content (AvgIpc) is 2.33. The SMILES string of the molecule is CCCC[PH](OC)(OC)c1ccccc1. The second-order valence-corrected chi connectivity index (χ2v) is 7.03. The van der Waals surface area contributed by atoms with Crippen LogP contribution in [0.3, 0.4) is 0 Å². The van der Waals surface area contributed by atoms with Crippen molar-refractivity contribution in [1.82, 2.24) is 0 Å². The van der Waals surface area contributed by atoms with Crippen molar-refractivity contribution >= 4 is 13.0 Å². The molecule has 0 heterocycles. The number of hydrogen-bond acceptors (Lipinski definition) is 2. The zero-order valence-corrected chi connectivity index (χ0v) is 10.8. The third kappa shape index (κ3) is 3.01. The molecule has 0 radical (unpaired) electrons. The fourth-order valence-electron chi connectivity index (χ4n) is 1.77. The Morgan fingerprint density at radius 2 is 1.67 bits per heavy atom. The zero-order chi connectivity index (χ0) is 11.1. The standard InChI is InChI=1S/C12H21O2P/c1-4-5-11-15(13-2,14-3)12-9-7-6-8-10-12/h6-10,15H,4-5,11H2,1-3H3. The van der Waals surface area contributed by atoms with Gasteiger partial charge in [0.1, 0.15) is 0 Å². The third-order valence-electron chi connectivity index (χ3n) is 2.73. The fourth-order valence-corrected chi connectivity index (χ4v) is 4.62. The van der Waals surface area contributed by atoms with Gasteiger partial charge < -0.3 is 0 Å². The molecule has 0 saturated heterocycles. The predicted octanol–water partition coefficient (Wildman–Crippen LogP) is 2.98. The average molecular weight is 228 g/mol. The number of unbranched alkanes of at least 4 members (excludes halogenated alkanes) is 1. The maximum absolute atomic E-state index is 5.69. The molecule has 15 heavy (non-hydrogen) atoms. The summed E-state index contributed by atoms with van der Waals surface area (Å²) in [5.41, 5.74) is 0. The first-order valence-corrected chi connectivity index (χ1v) is 7.47. The topological polar surface area (TPSA) is 18.5 Å². The van der Waals surface area contributed by atoms with Crippen molar-refractivity contribution in [3.8, 4) is 0 Å². The zero-order valence-electron chi connectivity index (χ0n) is 9.82. The molecule has 0 aliphatic carbocycles. The molecule has 0 N–H and O–H groups in total. The van der Waals surface area contributed by atoms with Crippen LogP contribution in [-0.2, 0) is 9.05 Å². The Hall–Kier alpha value is -0.430. The van der Waals surface area contributed by atoms with E-state index in [0.29, 0.717) is 0 Å². The molecule has 0 aliphatic rings. The van der Waals surface area contributed by atoms with E-state index in [1.54, 1.807) is 14.2 Å². The monoisotopic (exact) mass is 228 g/mol. The van der Waals surface area contributed by atoms with Gasteiger partial charge in [0.15, 0.2) is 0 Å². The fraction of sp³-hybridized carbons (Fsp3) is 0.500. The van der Waals surface area contributed by atoms with Crippen LogP contribution in [0.4, 0.5) is 0 Å². The normalized spacial score (nSPS) is 12.7. The third-order valence-corrected chi connectivity index (χ3v) is 6.28. The summed E-state index contributed by atoms with van der Waals surface area (Å²) >= 11 is 0. The van der Waals surface area contributed by atoms with Crippen LogP contribution >= 0.6 is 7.72 Å². The van der Waals surface area contributed by atoms with Gasteiger partial charge in [-0.3, -0.25) is 0 Å². The van der Waals surface area contributed by atoms with Gasteiger partial charge in [0.05, 0.1) is 0 Å². The van der Waals surface area contributed by atoms with E-state index < -0.39 is 7.72 Å². The molecule has 0 bridgehead atoms. The Morgan fingerprint density at radius 3 is 2.13 bits per heavy atom. The molecule has 0 amide bonds. The van der Waals surface area contributed by atoms with Crippen molar-refractivity contribution in [1.29, 1.82) is 0 Å². The van der Waals surface area contributed by atoms with E-state index in [0.717, 1.165) is 12.6 Å². The van der Waals surface area contributed by atoms with Crippen LogP contribution in [0, 0.1) is 0 Å². The van der Waals surface area contributed by atoms with Crippen LogP contribution in [0.15, 0.2) is 30.3 Å². The van der Waals surface area contributed by atoms with E-state index in [4.69, 9.17) is 9.05 Å². The Bertz CT molecular complexity index is 270. The maximum atomic E-state index is 5.69. The van der Waals surface area contributed by atoms with Gasteiger partial charge in [0.25, 0.3) is 0 Å². The summed E-state index contributed by atoms with van der Waals surface area (Å²) in [4.78, 5) is 0. The van der Waals surface area contributed by atoms with Gasteiger partial charge in [-0.2, -0.15) is 0 Å². The van der Waals surface area contributed by atoms with Gasteiger partial charge in [-0.1, -0.05) is 0 Å². The van der Waals surface area contributed by atoms with Crippen LogP contribution in [0.25, 0.3) is 0 Å². The molecule has 2 nitrogen and oxygen atoms in total. The van der Waals surface area contributed by atoms with E-state index in [9.17, 15) is 0 Å². The summed E-state index contributed by atoms with van der Waals surface area (Å²) in [6.07, 6.45) is 3.36. The number of hydrogen-bond donors (Lipinski definition) is 0. The molecule has 1 aromatic carbocycles. The van der Waals surface area contributed by atoms with E-state index in [1.807, 2.05) is 18.2 Å². The van der Waals surface area contributed by atoms with Gasteiger partial charge >= 0.3 is 92.5 Å². The molecule has 0 atom stereocenters. The van der Waals surface area contributed by atoms with Crippen molar-refractivity contribution in [2.24, 2.45) is 0 Å². The minimum absolute atomic E-state index is 1.03. The van der Waals surface area contributed by atoms with Crippen LogP contribution in [-0.4, -0.2) is 20.4 Å². The first kappa shape index (κ1) is 12.6. The van der Waals surface area contributed by atoms with E-state index in [1.165, 1.54) is 11.7 Å². The Morgan fingerprint density at radius 1 is 1.07 bits per heavy atom. The summed E-state index contributed by atoms with van der Waals surface area (Å²) in [5.74, 6) is 0. The molecule has 3 heteroatoms. The summed E-state index contributed by atoms with van der Waals surface area (Å²) in [6, 6.07) is 10.3. The summed E-state index contributed by atoms with van der Waals surface area (Å²) in [7, 11) is 1.38. The van der Waals surface area contributed by atoms with Crippen LogP contribution in [0.1, 0.15) is 19.8 Å². The van der Waals surface area contributed by atoms with Crippen molar-refractivity contribution in [3.63, 3.8) is 0 Å². The molecule has 0 spiro atoms. The summed E-state index contributed by atoms with van der Waals surface area (Å²) in [5, 5.41) is 1.23. The first-order valence-electron chi connectivity index (χ1n) is 5.45. The van der Waals surface area contributed by atoms with E-state index in [-0.39, 0.29) is 0 Å². The van der Waals surface area contributed by atoms with Crippen molar-refractivity contribution in [3.05, 3.63) is 30.3 Å². The quantitative estimate of drug-likeness (QED) is 0.697. The molecule has 0 aromatic heterocycles. The Balaban J connectivity index is 2.89. The second kappa shape index (κ2) is 6.22. The van der Waals surface area contributed by atoms with Crippen molar-refractivity contribution in [2.45, 2.75) is 19.8 Å². The molecule has 0 aliphatic heterocycles. The first-order chi connectivity index (χ1) is 7.29.